The molecule has 2 aromatic heterocycles. The van der Waals surface area contributed by atoms with Gasteiger partial charge in [0.2, 0.25) is 5.91 Å². The fourth-order valence-corrected chi connectivity index (χ4v) is 4.24. The molecule has 206 valence electrons. The van der Waals surface area contributed by atoms with Crippen LogP contribution in [0.2, 0.25) is 0 Å². The molecular formula is C21H27N7O9S. The average Bonchev–Trinajstić information content (AvgIpc) is 3.28. The third kappa shape index (κ3) is 9.07. The Morgan fingerprint density at radius 2 is 1.89 bits per heavy atom. The minimum absolute atomic E-state index is 0.178. The minimum Gasteiger partial charge on any atom is -0.481 e. The molecule has 0 aliphatic heterocycles. The zero-order valence-corrected chi connectivity index (χ0v) is 21.1. The number of tetrazole rings is 1. The number of thioether (sulfide) groups is 1. The van der Waals surface area contributed by atoms with E-state index >= 15 is 0 Å². The molecule has 0 fully saturated rings. The Balaban J connectivity index is 2.23. The van der Waals surface area contributed by atoms with Crippen LogP contribution in [0.25, 0.3) is 5.69 Å². The Bertz CT molecular complexity index is 1200. The summed E-state index contributed by atoms with van der Waals surface area (Å²) in [6.07, 6.45) is 1.17. The number of nitrogens with one attached hydrogen (secondary N) is 1. The van der Waals surface area contributed by atoms with Gasteiger partial charge in [-0.2, -0.15) is 9.36 Å². The highest BCUT2D eigenvalue weighted by Crippen LogP contribution is 2.26. The fraction of sp³-hybridized carbons (Fsp3) is 0.476. The number of carbonyl (C=O) groups is 5. The van der Waals surface area contributed by atoms with Gasteiger partial charge in [0.1, 0.15) is 11.4 Å². The number of carboxylic acid groups (broad SMARTS) is 2. The zero-order chi connectivity index (χ0) is 28.2. The van der Waals surface area contributed by atoms with E-state index in [1.165, 1.54) is 12.4 Å². The second-order valence-electron chi connectivity index (χ2n) is 7.86. The molecule has 3 atom stereocenters. The number of ketones is 1. The lowest BCUT2D eigenvalue weighted by Crippen LogP contribution is -2.44. The maximum Gasteiger partial charge on any atom is 0.369 e. The Labute approximate surface area is 219 Å². The summed E-state index contributed by atoms with van der Waals surface area (Å²) in [6.45, 7) is 0. The number of methoxy groups -OCH3 is 1. The molecule has 0 saturated carbocycles. The number of ether oxygens (including phenoxy) is 1. The van der Waals surface area contributed by atoms with Crippen LogP contribution in [0.3, 0.4) is 0 Å². The first-order chi connectivity index (χ1) is 18.0. The van der Waals surface area contributed by atoms with Gasteiger partial charge in [-0.25, -0.2) is 4.79 Å². The van der Waals surface area contributed by atoms with Crippen molar-refractivity contribution in [1.82, 2.24) is 30.1 Å². The lowest BCUT2D eigenvalue weighted by Gasteiger charge is -2.21. The number of Topliss-reactive ketones (excluding diaryl/α,β-unsaturated/α-hetero) is 1. The number of nitrogens with zero attached hydrogens (tertiary/aromatic N) is 5. The second-order valence-corrected chi connectivity index (χ2v) is 9.07. The maximum absolute atomic E-state index is 13.0. The van der Waals surface area contributed by atoms with Gasteiger partial charge in [0.25, 0.3) is 0 Å². The molecule has 38 heavy (non-hydrogen) atoms. The van der Waals surface area contributed by atoms with E-state index in [0.29, 0.717) is 5.69 Å². The van der Waals surface area contributed by atoms with Crippen LogP contribution >= 0.6 is 11.8 Å². The van der Waals surface area contributed by atoms with Crippen LogP contribution < -0.4 is 16.7 Å². The first kappa shape index (κ1) is 30.1. The molecule has 0 aliphatic rings. The van der Waals surface area contributed by atoms with Crippen LogP contribution in [0, 0.1) is 0 Å². The van der Waals surface area contributed by atoms with Crippen molar-refractivity contribution in [2.24, 2.45) is 5.73 Å². The maximum atomic E-state index is 13.0. The molecule has 0 aliphatic carbocycles. The van der Waals surface area contributed by atoms with Crippen molar-refractivity contribution in [3.05, 3.63) is 35.0 Å². The molecule has 0 spiro atoms. The van der Waals surface area contributed by atoms with Crippen LogP contribution in [0.15, 0.2) is 29.3 Å². The van der Waals surface area contributed by atoms with Crippen molar-refractivity contribution in [3.8, 4) is 5.69 Å². The lowest BCUT2D eigenvalue weighted by molar-refractivity contribution is -0.141. The van der Waals surface area contributed by atoms with Crippen molar-refractivity contribution in [1.29, 1.82) is 0 Å². The summed E-state index contributed by atoms with van der Waals surface area (Å²) in [7, 11) is 1.15. The zero-order valence-electron chi connectivity index (χ0n) is 20.3. The van der Waals surface area contributed by atoms with Crippen molar-refractivity contribution < 1.29 is 38.9 Å². The molecule has 5 N–H and O–H groups in total. The summed E-state index contributed by atoms with van der Waals surface area (Å²) in [5, 5.41) is 26.9. The summed E-state index contributed by atoms with van der Waals surface area (Å²) in [6, 6.07) is 0.659. The number of carbonyl (C=O) groups excluding carboxylic acids is 3. The molecule has 16 nitrogen and oxygen atoms in total. The van der Waals surface area contributed by atoms with E-state index in [9.17, 15) is 28.8 Å². The second kappa shape index (κ2) is 14.6. The Morgan fingerprint density at radius 3 is 2.50 bits per heavy atom. The normalized spacial score (nSPS) is 13.2. The average molecular weight is 554 g/mol. The van der Waals surface area contributed by atoms with Crippen LogP contribution in [0.1, 0.15) is 37.5 Å². The monoisotopic (exact) mass is 553 g/mol. The van der Waals surface area contributed by atoms with E-state index in [1.807, 2.05) is 0 Å². The number of aliphatic carboxylic acids is 2. The molecule has 0 aromatic carbocycles. The van der Waals surface area contributed by atoms with Gasteiger partial charge < -0.3 is 26.0 Å². The third-order valence-corrected chi connectivity index (χ3v) is 6.38. The van der Waals surface area contributed by atoms with Gasteiger partial charge in [0.15, 0.2) is 5.78 Å². The van der Waals surface area contributed by atoms with Crippen LogP contribution in [0.4, 0.5) is 0 Å². The number of pyridine rings is 1. The van der Waals surface area contributed by atoms with Gasteiger partial charge in [-0.1, -0.05) is 0 Å². The van der Waals surface area contributed by atoms with E-state index < -0.39 is 65.6 Å². The number of hydrogen-bond donors (Lipinski definition) is 4. The van der Waals surface area contributed by atoms with Crippen molar-refractivity contribution >= 4 is 41.4 Å². The molecular weight excluding hydrogens is 526 g/mol. The van der Waals surface area contributed by atoms with Crippen molar-refractivity contribution in [2.75, 3.05) is 12.9 Å². The smallest absolute Gasteiger partial charge is 0.369 e. The Kier molecular flexibility index (Phi) is 11.5. The highest BCUT2D eigenvalue weighted by atomic mass is 32.2. The van der Waals surface area contributed by atoms with Gasteiger partial charge in [-0.15, -0.1) is 11.8 Å². The minimum atomic E-state index is -1.29. The molecule has 0 bridgehead atoms. The molecule has 0 saturated heterocycles. The van der Waals surface area contributed by atoms with Crippen LogP contribution in [-0.4, -0.2) is 89.5 Å². The predicted octanol–water partition coefficient (Wildman–Crippen LogP) is -1.27. The number of rotatable bonds is 16. The topological polar surface area (TPSA) is 239 Å². The van der Waals surface area contributed by atoms with Crippen molar-refractivity contribution in [2.45, 2.75) is 49.6 Å². The quantitative estimate of drug-likeness (QED) is 0.177. The molecule has 2 heterocycles. The summed E-state index contributed by atoms with van der Waals surface area (Å²) in [5.74, 6) is -4.67. The number of nitrogens with two attached hydrogens (primary N) is 1. The van der Waals surface area contributed by atoms with E-state index in [4.69, 9.17) is 20.7 Å². The number of esters is 1. The van der Waals surface area contributed by atoms with Gasteiger partial charge in [0.05, 0.1) is 37.9 Å². The highest BCUT2D eigenvalue weighted by Gasteiger charge is 2.28. The number of aromatic nitrogens is 5. The summed E-state index contributed by atoms with van der Waals surface area (Å²) >= 11 is 0.912. The summed E-state index contributed by atoms with van der Waals surface area (Å²) in [4.78, 5) is 75.8. The molecule has 1 unspecified atom stereocenters. The summed E-state index contributed by atoms with van der Waals surface area (Å²) < 4.78 is 6.57. The third-order valence-electron chi connectivity index (χ3n) is 5.10. The predicted molar refractivity (Wildman–Crippen MR) is 130 cm³/mol. The largest absolute Gasteiger partial charge is 0.481 e. The van der Waals surface area contributed by atoms with Crippen molar-refractivity contribution in [3.63, 3.8) is 0 Å². The molecule has 0 radical (unpaired) electrons. The highest BCUT2D eigenvalue weighted by molar-refractivity contribution is 7.99. The van der Waals surface area contributed by atoms with Gasteiger partial charge >= 0.3 is 23.6 Å². The van der Waals surface area contributed by atoms with Crippen LogP contribution in [-0.2, 0) is 28.7 Å². The fourth-order valence-electron chi connectivity index (χ4n) is 3.02. The lowest BCUT2D eigenvalue weighted by atomic mass is 10.1. The molecule has 2 aromatic rings. The van der Waals surface area contributed by atoms with E-state index in [2.05, 4.69) is 20.7 Å². The Morgan fingerprint density at radius 1 is 1.16 bits per heavy atom. The first-order valence-corrected chi connectivity index (χ1v) is 12.2. The number of carboxylic acids is 2. The van der Waals surface area contributed by atoms with Gasteiger partial charge in [-0.3, -0.25) is 29.0 Å². The van der Waals surface area contributed by atoms with E-state index in [0.717, 1.165) is 28.2 Å². The van der Waals surface area contributed by atoms with Gasteiger partial charge in [-0.05, 0) is 29.0 Å². The van der Waals surface area contributed by atoms with E-state index in [-0.39, 0.29) is 25.0 Å². The number of amides is 1. The number of hydrogen-bond acceptors (Lipinski definition) is 12. The standard InChI is InChI=1S/C21H27N7O9S/c1-37-19(33)9-17(28-21(36)27(25-26-28)12-3-2-8-23-10-12)38-11-14(15(29)5-7-18(31)32)24-16(30)6-4-13(22)20(34)35/h2-3,8,10,13-14,17H,4-7,9,11,22H2,1H3,(H,24,30)(H,31,32)(H,34,35)/t13-,14-,17?/m0/s1. The summed E-state index contributed by atoms with van der Waals surface area (Å²) in [5.41, 5.74) is 5.02. The van der Waals surface area contributed by atoms with E-state index in [1.54, 1.807) is 12.1 Å². The molecule has 17 heteroatoms. The molecule has 2 rings (SSSR count). The first-order valence-electron chi connectivity index (χ1n) is 11.2. The SMILES string of the molecule is COC(=O)CC(SC[C@H](NC(=O)CC[C@H](N)C(=O)O)C(=O)CCC(=O)O)n1nnn(-c2cccnc2)c1=O. The molecule has 1 amide bonds. The Hall–Kier alpha value is -4.12. The van der Waals surface area contributed by atoms with Crippen LogP contribution in [0.5, 0.6) is 0 Å². The van der Waals surface area contributed by atoms with Gasteiger partial charge in [0, 0.05) is 24.8 Å².